The maximum Gasteiger partial charge on any atom is 0.241 e. The van der Waals surface area contributed by atoms with Crippen LogP contribution in [0, 0.1) is 11.7 Å². The molecule has 1 saturated carbocycles. The average molecular weight is 350 g/mol. The summed E-state index contributed by atoms with van der Waals surface area (Å²) in [6.45, 7) is 0.507. The molecular formula is C19H27FN2O3. The number of likely N-dealkylation sites (N-methyl/N-ethyl adjacent to an activating group) is 1. The van der Waals surface area contributed by atoms with Crippen LogP contribution in [0.2, 0.25) is 0 Å². The van der Waals surface area contributed by atoms with Gasteiger partial charge in [0.1, 0.15) is 6.61 Å². The van der Waals surface area contributed by atoms with Crippen LogP contribution >= 0.6 is 0 Å². The molecule has 0 unspecified atom stereocenters. The van der Waals surface area contributed by atoms with Gasteiger partial charge in [0.05, 0.1) is 13.1 Å². The quantitative estimate of drug-likeness (QED) is 0.784. The van der Waals surface area contributed by atoms with Gasteiger partial charge in [-0.2, -0.15) is 0 Å². The molecule has 25 heavy (non-hydrogen) atoms. The third-order valence-corrected chi connectivity index (χ3v) is 4.58. The van der Waals surface area contributed by atoms with Gasteiger partial charge in [-0.1, -0.05) is 31.4 Å². The summed E-state index contributed by atoms with van der Waals surface area (Å²) in [6, 6.07) is 6.15. The van der Waals surface area contributed by atoms with Crippen LogP contribution in [0.25, 0.3) is 0 Å². The van der Waals surface area contributed by atoms with Crippen molar-refractivity contribution in [1.82, 2.24) is 10.2 Å². The predicted molar refractivity (Wildman–Crippen MR) is 93.7 cm³/mol. The van der Waals surface area contributed by atoms with Crippen molar-refractivity contribution in [2.45, 2.75) is 38.5 Å². The molecule has 0 bridgehead atoms. The van der Waals surface area contributed by atoms with Crippen LogP contribution in [0.4, 0.5) is 4.39 Å². The largest absolute Gasteiger partial charge is 0.489 e. The smallest absolute Gasteiger partial charge is 0.241 e. The molecule has 1 aliphatic carbocycles. The fraction of sp³-hybridized carbons (Fsp3) is 0.579. The van der Waals surface area contributed by atoms with E-state index in [1.165, 1.54) is 30.2 Å². The van der Waals surface area contributed by atoms with Gasteiger partial charge < -0.3 is 15.0 Å². The molecule has 1 N–H and O–H groups in total. The molecule has 0 aromatic heterocycles. The third kappa shape index (κ3) is 6.72. The molecule has 138 valence electrons. The summed E-state index contributed by atoms with van der Waals surface area (Å²) >= 11 is 0. The van der Waals surface area contributed by atoms with Crippen LogP contribution < -0.4 is 10.1 Å². The van der Waals surface area contributed by atoms with Crippen molar-refractivity contribution in [3.63, 3.8) is 0 Å². The lowest BCUT2D eigenvalue weighted by atomic mass is 9.87. The minimum atomic E-state index is -0.425. The second-order valence-corrected chi connectivity index (χ2v) is 6.58. The fourth-order valence-electron chi connectivity index (χ4n) is 3.01. The van der Waals surface area contributed by atoms with Crippen molar-refractivity contribution < 1.29 is 18.7 Å². The Balaban J connectivity index is 1.62. The number of nitrogens with one attached hydrogen (secondary N) is 1. The summed E-state index contributed by atoms with van der Waals surface area (Å²) < 4.78 is 18.7. The first kappa shape index (κ1) is 19.2. The molecule has 5 nitrogen and oxygen atoms in total. The lowest BCUT2D eigenvalue weighted by molar-refractivity contribution is -0.132. The standard InChI is InChI=1S/C19H27FN2O3/c1-22(11-12-25-17-10-6-5-9-16(17)20)19(24)14-21-18(23)13-15-7-3-2-4-8-15/h5-6,9-10,15H,2-4,7-8,11-14H2,1H3,(H,21,23). The molecule has 0 aliphatic heterocycles. The van der Waals surface area contributed by atoms with E-state index in [2.05, 4.69) is 5.32 Å². The molecular weight excluding hydrogens is 323 g/mol. The zero-order chi connectivity index (χ0) is 18.1. The van der Waals surface area contributed by atoms with Crippen LogP contribution in [0.15, 0.2) is 24.3 Å². The van der Waals surface area contributed by atoms with Gasteiger partial charge >= 0.3 is 0 Å². The Hall–Kier alpha value is -2.11. The number of para-hydroxylation sites is 1. The number of hydrogen-bond donors (Lipinski definition) is 1. The lowest BCUT2D eigenvalue weighted by Crippen LogP contribution is -2.40. The minimum Gasteiger partial charge on any atom is -0.489 e. The molecule has 2 amide bonds. The lowest BCUT2D eigenvalue weighted by Gasteiger charge is -2.21. The summed E-state index contributed by atoms with van der Waals surface area (Å²) in [5, 5.41) is 2.70. The van der Waals surface area contributed by atoms with Crippen LogP contribution in [0.3, 0.4) is 0 Å². The van der Waals surface area contributed by atoms with E-state index in [1.54, 1.807) is 25.2 Å². The van der Waals surface area contributed by atoms with Crippen LogP contribution in [0.5, 0.6) is 5.75 Å². The molecule has 0 atom stereocenters. The number of carbonyl (C=O) groups excluding carboxylic acids is 2. The SMILES string of the molecule is CN(CCOc1ccccc1F)C(=O)CNC(=O)CC1CCCCC1. The van der Waals surface area contributed by atoms with Gasteiger partial charge in [-0.25, -0.2) is 4.39 Å². The van der Waals surface area contributed by atoms with Gasteiger partial charge in [-0.05, 0) is 30.9 Å². The van der Waals surface area contributed by atoms with E-state index >= 15 is 0 Å². The summed E-state index contributed by atoms with van der Waals surface area (Å²) in [5.41, 5.74) is 0. The first-order valence-electron chi connectivity index (χ1n) is 8.94. The second kappa shape index (κ2) is 10.0. The second-order valence-electron chi connectivity index (χ2n) is 6.58. The predicted octanol–water partition coefficient (Wildman–Crippen LogP) is 2.75. The Morgan fingerprint density at radius 1 is 1.24 bits per heavy atom. The molecule has 0 heterocycles. The maximum absolute atomic E-state index is 13.4. The van der Waals surface area contributed by atoms with Gasteiger partial charge in [0.15, 0.2) is 11.6 Å². The number of carbonyl (C=O) groups is 2. The highest BCUT2D eigenvalue weighted by Crippen LogP contribution is 2.25. The fourth-order valence-corrected chi connectivity index (χ4v) is 3.01. The van der Waals surface area contributed by atoms with Crippen molar-refractivity contribution in [2.24, 2.45) is 5.92 Å². The Bertz CT molecular complexity index is 574. The Morgan fingerprint density at radius 3 is 2.68 bits per heavy atom. The molecule has 0 saturated heterocycles. The average Bonchev–Trinajstić information content (AvgIpc) is 2.62. The first-order valence-corrected chi connectivity index (χ1v) is 8.94. The molecule has 1 aliphatic rings. The number of benzene rings is 1. The molecule has 1 fully saturated rings. The van der Waals surface area contributed by atoms with Crippen molar-refractivity contribution in [2.75, 3.05) is 26.7 Å². The number of amides is 2. The zero-order valence-corrected chi connectivity index (χ0v) is 14.8. The van der Waals surface area contributed by atoms with E-state index in [4.69, 9.17) is 4.74 Å². The number of halogens is 1. The topological polar surface area (TPSA) is 58.6 Å². The minimum absolute atomic E-state index is 0.0122. The number of nitrogens with zero attached hydrogens (tertiary/aromatic N) is 1. The van der Waals surface area contributed by atoms with Gasteiger partial charge in [-0.15, -0.1) is 0 Å². The van der Waals surface area contributed by atoms with Crippen molar-refractivity contribution in [1.29, 1.82) is 0 Å². The first-order chi connectivity index (χ1) is 12.1. The van der Waals surface area contributed by atoms with Gasteiger partial charge in [0.2, 0.25) is 11.8 Å². The number of rotatable bonds is 8. The molecule has 0 spiro atoms. The Kier molecular flexibility index (Phi) is 7.70. The normalized spacial score (nSPS) is 14.8. The number of ether oxygens (including phenoxy) is 1. The Labute approximate surface area is 148 Å². The summed E-state index contributed by atoms with van der Waals surface area (Å²) in [6.07, 6.45) is 6.37. The molecule has 2 rings (SSSR count). The van der Waals surface area contributed by atoms with E-state index in [0.717, 1.165) is 12.8 Å². The summed E-state index contributed by atoms with van der Waals surface area (Å²) in [4.78, 5) is 25.4. The molecule has 6 heteroatoms. The Morgan fingerprint density at radius 2 is 1.96 bits per heavy atom. The van der Waals surface area contributed by atoms with E-state index < -0.39 is 5.82 Å². The van der Waals surface area contributed by atoms with E-state index in [-0.39, 0.29) is 30.7 Å². The van der Waals surface area contributed by atoms with Gasteiger partial charge in [0, 0.05) is 13.5 Å². The van der Waals surface area contributed by atoms with E-state index in [0.29, 0.717) is 18.9 Å². The highest BCUT2D eigenvalue weighted by molar-refractivity contribution is 5.84. The van der Waals surface area contributed by atoms with Crippen molar-refractivity contribution >= 4 is 11.8 Å². The summed E-state index contributed by atoms with van der Waals surface area (Å²) in [5.74, 6) is -0.0447. The van der Waals surface area contributed by atoms with Crippen molar-refractivity contribution in [3.8, 4) is 5.75 Å². The highest BCUT2D eigenvalue weighted by Gasteiger charge is 2.18. The van der Waals surface area contributed by atoms with Gasteiger partial charge in [-0.3, -0.25) is 9.59 Å². The van der Waals surface area contributed by atoms with Crippen LogP contribution in [-0.2, 0) is 9.59 Å². The van der Waals surface area contributed by atoms with Crippen LogP contribution in [-0.4, -0.2) is 43.5 Å². The van der Waals surface area contributed by atoms with Crippen LogP contribution in [0.1, 0.15) is 38.5 Å². The monoisotopic (exact) mass is 350 g/mol. The van der Waals surface area contributed by atoms with E-state index in [1.807, 2.05) is 0 Å². The third-order valence-electron chi connectivity index (χ3n) is 4.58. The molecule has 1 aromatic rings. The molecule has 1 aromatic carbocycles. The zero-order valence-electron chi connectivity index (χ0n) is 14.8. The highest BCUT2D eigenvalue weighted by atomic mass is 19.1. The summed E-state index contributed by atoms with van der Waals surface area (Å²) in [7, 11) is 1.64. The van der Waals surface area contributed by atoms with E-state index in [9.17, 15) is 14.0 Å². The number of hydrogen-bond acceptors (Lipinski definition) is 3. The maximum atomic E-state index is 13.4. The molecule has 0 radical (unpaired) electrons. The van der Waals surface area contributed by atoms with Gasteiger partial charge in [0.25, 0.3) is 0 Å². The van der Waals surface area contributed by atoms with Crippen molar-refractivity contribution in [3.05, 3.63) is 30.1 Å².